The second-order valence-corrected chi connectivity index (χ2v) is 7.48. The number of aromatic nitrogens is 3. The topological polar surface area (TPSA) is 78.4 Å². The van der Waals surface area contributed by atoms with Crippen LogP contribution >= 0.6 is 0 Å². The van der Waals surface area contributed by atoms with E-state index in [1.54, 1.807) is 12.4 Å². The van der Waals surface area contributed by atoms with Crippen LogP contribution in [0, 0.1) is 6.92 Å². The summed E-state index contributed by atoms with van der Waals surface area (Å²) < 4.78 is 5.51. The molecule has 3 aliphatic heterocycles. The Hall–Kier alpha value is -2.45. The molecule has 2 aromatic heterocycles. The number of nitrogens with one attached hydrogen (secondary N) is 2. The third-order valence-corrected chi connectivity index (χ3v) is 5.56. The van der Waals surface area contributed by atoms with Crippen LogP contribution in [0.2, 0.25) is 0 Å². The first-order chi connectivity index (χ1) is 13.2. The first kappa shape index (κ1) is 16.7. The summed E-state index contributed by atoms with van der Waals surface area (Å²) in [5.74, 6) is 2.51. The lowest BCUT2D eigenvalue weighted by molar-refractivity contribution is 0.122. The van der Waals surface area contributed by atoms with Crippen molar-refractivity contribution in [3.05, 3.63) is 30.2 Å². The van der Waals surface area contributed by atoms with Crippen LogP contribution in [0.15, 0.2) is 24.5 Å². The molecule has 0 aromatic carbocycles. The summed E-state index contributed by atoms with van der Waals surface area (Å²) >= 11 is 0. The molecule has 8 heteroatoms. The molecule has 2 aromatic rings. The molecule has 3 aliphatic rings. The van der Waals surface area contributed by atoms with Crippen LogP contribution in [0.1, 0.15) is 12.1 Å². The normalized spacial score (nSPS) is 24.5. The highest BCUT2D eigenvalue weighted by atomic mass is 16.5. The molecule has 2 unspecified atom stereocenters. The number of hydrogen-bond acceptors (Lipinski definition) is 8. The van der Waals surface area contributed by atoms with Gasteiger partial charge in [0.25, 0.3) is 0 Å². The molecule has 0 aliphatic carbocycles. The molecule has 8 nitrogen and oxygen atoms in total. The van der Waals surface area contributed by atoms with Crippen molar-refractivity contribution >= 4 is 23.1 Å². The predicted octanol–water partition coefficient (Wildman–Crippen LogP) is 1.31. The van der Waals surface area contributed by atoms with Gasteiger partial charge in [0.15, 0.2) is 0 Å². The number of piperazine rings is 1. The maximum absolute atomic E-state index is 5.51. The van der Waals surface area contributed by atoms with E-state index in [1.807, 2.05) is 6.92 Å². The highest BCUT2D eigenvalue weighted by Gasteiger charge is 2.38. The van der Waals surface area contributed by atoms with Crippen molar-refractivity contribution < 1.29 is 4.74 Å². The van der Waals surface area contributed by atoms with Gasteiger partial charge >= 0.3 is 0 Å². The molecule has 0 spiro atoms. The zero-order valence-electron chi connectivity index (χ0n) is 15.6. The Morgan fingerprint density at radius 3 is 2.74 bits per heavy atom. The second kappa shape index (κ2) is 6.94. The van der Waals surface area contributed by atoms with Gasteiger partial charge in [0.05, 0.1) is 31.3 Å². The number of hydrogen-bond donors (Lipinski definition) is 2. The van der Waals surface area contributed by atoms with E-state index in [2.05, 4.69) is 42.5 Å². The Morgan fingerprint density at radius 2 is 2.04 bits per heavy atom. The molecule has 3 fully saturated rings. The van der Waals surface area contributed by atoms with Gasteiger partial charge in [-0.15, -0.1) is 0 Å². The van der Waals surface area contributed by atoms with Crippen molar-refractivity contribution in [2.24, 2.45) is 0 Å². The van der Waals surface area contributed by atoms with Crippen LogP contribution in [0.4, 0.5) is 23.1 Å². The summed E-state index contributed by atoms with van der Waals surface area (Å²) in [6.45, 7) is 7.28. The highest BCUT2D eigenvalue weighted by molar-refractivity contribution is 5.66. The molecule has 2 N–H and O–H groups in total. The number of ether oxygens (including phenoxy) is 1. The molecular formula is C19H25N7O. The summed E-state index contributed by atoms with van der Waals surface area (Å²) in [5.41, 5.74) is 2.12. The van der Waals surface area contributed by atoms with E-state index in [0.717, 1.165) is 56.7 Å². The van der Waals surface area contributed by atoms with E-state index >= 15 is 0 Å². The number of fused-ring (bicyclic) bond motifs is 2. The minimum atomic E-state index is 0.571. The van der Waals surface area contributed by atoms with Crippen LogP contribution in [-0.4, -0.2) is 66.4 Å². The van der Waals surface area contributed by atoms with Crippen LogP contribution in [-0.2, 0) is 4.74 Å². The maximum Gasteiger partial charge on any atom is 0.150 e. The fraction of sp³-hybridized carbons (Fsp3) is 0.526. The van der Waals surface area contributed by atoms with Crippen LogP contribution in [0.3, 0.4) is 0 Å². The standard InChI is InChI=1S/C19H25N7O/c1-13-9-22-18(11-20-13)23-17-7-15(26-12-14-6-16(26)10-21-14)8-19(24-17)25-2-4-27-5-3-25/h7-9,11,14,16,21H,2-6,10,12H2,1H3,(H,22,23,24). The molecule has 5 heterocycles. The van der Waals surface area contributed by atoms with Gasteiger partial charge in [-0.25, -0.2) is 9.97 Å². The first-order valence-electron chi connectivity index (χ1n) is 9.65. The van der Waals surface area contributed by atoms with Gasteiger partial charge in [0.2, 0.25) is 0 Å². The summed E-state index contributed by atoms with van der Waals surface area (Å²) in [4.78, 5) is 18.4. The Balaban J connectivity index is 1.47. The number of rotatable bonds is 4. The van der Waals surface area contributed by atoms with Gasteiger partial charge in [-0.2, -0.15) is 0 Å². The molecule has 0 radical (unpaired) electrons. The number of morpholine rings is 1. The number of nitrogens with zero attached hydrogens (tertiary/aromatic N) is 5. The lowest BCUT2D eigenvalue weighted by atomic mass is 10.2. The molecular weight excluding hydrogens is 342 g/mol. The number of anilines is 4. The molecule has 2 atom stereocenters. The third-order valence-electron chi connectivity index (χ3n) is 5.56. The Morgan fingerprint density at radius 1 is 1.15 bits per heavy atom. The number of aryl methyl sites for hydroxylation is 1. The van der Waals surface area contributed by atoms with E-state index in [9.17, 15) is 0 Å². The second-order valence-electron chi connectivity index (χ2n) is 7.48. The first-order valence-corrected chi connectivity index (χ1v) is 9.65. The molecule has 0 saturated carbocycles. The van der Waals surface area contributed by atoms with Gasteiger partial charge in [-0.3, -0.25) is 4.98 Å². The highest BCUT2D eigenvalue weighted by Crippen LogP contribution is 2.33. The fourth-order valence-electron chi connectivity index (χ4n) is 4.15. The van der Waals surface area contributed by atoms with Crippen molar-refractivity contribution in [1.82, 2.24) is 20.3 Å². The van der Waals surface area contributed by atoms with Gasteiger partial charge < -0.3 is 25.2 Å². The smallest absolute Gasteiger partial charge is 0.150 e. The van der Waals surface area contributed by atoms with Crippen molar-refractivity contribution in [3.8, 4) is 0 Å². The maximum atomic E-state index is 5.51. The van der Waals surface area contributed by atoms with E-state index in [-0.39, 0.29) is 0 Å². The van der Waals surface area contributed by atoms with Crippen molar-refractivity contribution in [3.63, 3.8) is 0 Å². The van der Waals surface area contributed by atoms with Gasteiger partial charge in [0, 0.05) is 56.1 Å². The fourth-order valence-corrected chi connectivity index (χ4v) is 4.15. The van der Waals surface area contributed by atoms with E-state index in [4.69, 9.17) is 9.72 Å². The summed E-state index contributed by atoms with van der Waals surface area (Å²) in [6.07, 6.45) is 4.74. The van der Waals surface area contributed by atoms with Crippen molar-refractivity contribution in [2.75, 3.05) is 54.5 Å². The monoisotopic (exact) mass is 367 g/mol. The lowest BCUT2D eigenvalue weighted by Gasteiger charge is -2.32. The minimum Gasteiger partial charge on any atom is -0.378 e. The Bertz CT molecular complexity index is 806. The van der Waals surface area contributed by atoms with Crippen LogP contribution in [0.5, 0.6) is 0 Å². The number of pyridine rings is 1. The zero-order chi connectivity index (χ0) is 18.2. The van der Waals surface area contributed by atoms with Crippen LogP contribution in [0.25, 0.3) is 0 Å². The van der Waals surface area contributed by atoms with E-state index in [0.29, 0.717) is 17.9 Å². The average Bonchev–Trinajstić information content (AvgIpc) is 3.34. The van der Waals surface area contributed by atoms with Gasteiger partial charge in [-0.05, 0) is 13.3 Å². The van der Waals surface area contributed by atoms with E-state index < -0.39 is 0 Å². The van der Waals surface area contributed by atoms with Crippen LogP contribution < -0.4 is 20.4 Å². The largest absolute Gasteiger partial charge is 0.378 e. The molecule has 3 saturated heterocycles. The quantitative estimate of drug-likeness (QED) is 0.838. The molecule has 2 bridgehead atoms. The molecule has 27 heavy (non-hydrogen) atoms. The average molecular weight is 367 g/mol. The van der Waals surface area contributed by atoms with Crippen molar-refractivity contribution in [1.29, 1.82) is 0 Å². The SMILES string of the molecule is Cc1cnc(Nc2cc(N3CC4CC3CN4)cc(N3CCOCC3)n2)cn1. The molecule has 0 amide bonds. The minimum absolute atomic E-state index is 0.571. The molecule has 5 rings (SSSR count). The third kappa shape index (κ3) is 3.42. The van der Waals surface area contributed by atoms with Crippen molar-refractivity contribution in [2.45, 2.75) is 25.4 Å². The lowest BCUT2D eigenvalue weighted by Crippen LogP contribution is -2.43. The Labute approximate surface area is 159 Å². The molecule has 142 valence electrons. The van der Waals surface area contributed by atoms with E-state index in [1.165, 1.54) is 12.1 Å². The summed E-state index contributed by atoms with van der Waals surface area (Å²) in [6, 6.07) is 5.53. The summed E-state index contributed by atoms with van der Waals surface area (Å²) in [5, 5.41) is 6.91. The Kier molecular flexibility index (Phi) is 4.29. The van der Waals surface area contributed by atoms with Gasteiger partial charge in [0.1, 0.15) is 17.5 Å². The predicted molar refractivity (Wildman–Crippen MR) is 105 cm³/mol. The summed E-state index contributed by atoms with van der Waals surface area (Å²) in [7, 11) is 0. The van der Waals surface area contributed by atoms with Gasteiger partial charge in [-0.1, -0.05) is 0 Å². The zero-order valence-corrected chi connectivity index (χ0v) is 15.6.